The summed E-state index contributed by atoms with van der Waals surface area (Å²) >= 11 is 0. The lowest BCUT2D eigenvalue weighted by molar-refractivity contribution is -0.117. The molecule has 1 aliphatic heterocycles. The Morgan fingerprint density at radius 1 is 1.19 bits per heavy atom. The van der Waals surface area contributed by atoms with Crippen molar-refractivity contribution in [1.29, 1.82) is 5.26 Å². The number of anilines is 2. The summed E-state index contributed by atoms with van der Waals surface area (Å²) in [5, 5.41) is 11.4. The fraction of sp³-hybridized carbons (Fsp3) is 0.174. The van der Waals surface area contributed by atoms with Gasteiger partial charge in [-0.1, -0.05) is 0 Å². The average Bonchev–Trinajstić information content (AvgIpc) is 3.42. The first kappa shape index (κ1) is 20.2. The highest BCUT2D eigenvalue weighted by molar-refractivity contribution is 6.02. The zero-order valence-electron chi connectivity index (χ0n) is 16.4. The van der Waals surface area contributed by atoms with Gasteiger partial charge in [-0.25, -0.2) is 4.39 Å². The van der Waals surface area contributed by atoms with Crippen molar-refractivity contribution in [1.82, 2.24) is 0 Å². The highest BCUT2D eigenvalue weighted by atomic mass is 19.1. The maximum atomic E-state index is 14.4. The lowest BCUT2D eigenvalue weighted by atomic mass is 10.2. The van der Waals surface area contributed by atoms with Gasteiger partial charge in [-0.15, -0.1) is 0 Å². The van der Waals surface area contributed by atoms with Gasteiger partial charge < -0.3 is 19.4 Å². The monoisotopic (exact) mass is 419 g/mol. The van der Waals surface area contributed by atoms with E-state index in [-0.39, 0.29) is 29.6 Å². The summed E-state index contributed by atoms with van der Waals surface area (Å²) in [6.07, 6.45) is 1.11. The van der Waals surface area contributed by atoms with Crippen LogP contribution in [0.3, 0.4) is 0 Å². The maximum Gasteiger partial charge on any atom is 0.291 e. The van der Waals surface area contributed by atoms with E-state index < -0.39 is 11.7 Å². The third-order valence-electron chi connectivity index (χ3n) is 4.82. The van der Waals surface area contributed by atoms with Crippen molar-refractivity contribution in [3.05, 3.63) is 77.5 Å². The van der Waals surface area contributed by atoms with Gasteiger partial charge in [0, 0.05) is 18.7 Å². The SMILES string of the molecule is N#Cc1ccc(OCc2ccc(C(=O)Nc3ccc(N4CCCC4=O)c(F)c3)o2)cc1. The molecule has 0 spiro atoms. The van der Waals surface area contributed by atoms with Gasteiger partial charge in [-0.3, -0.25) is 9.59 Å². The molecule has 8 heteroatoms. The van der Waals surface area contributed by atoms with Crippen molar-refractivity contribution in [3.8, 4) is 11.8 Å². The Bertz CT molecular complexity index is 1160. The van der Waals surface area contributed by atoms with Crippen LogP contribution >= 0.6 is 0 Å². The fourth-order valence-electron chi connectivity index (χ4n) is 3.26. The zero-order valence-corrected chi connectivity index (χ0v) is 16.4. The van der Waals surface area contributed by atoms with Crippen molar-refractivity contribution >= 4 is 23.2 Å². The molecule has 0 saturated carbocycles. The maximum absolute atomic E-state index is 14.4. The molecule has 0 radical (unpaired) electrons. The van der Waals surface area contributed by atoms with E-state index in [0.717, 1.165) is 0 Å². The number of rotatable bonds is 6. The van der Waals surface area contributed by atoms with E-state index in [1.165, 1.54) is 23.1 Å². The molecular formula is C23H18FN3O4. The Kier molecular flexibility index (Phi) is 5.67. The fourth-order valence-corrected chi connectivity index (χ4v) is 3.26. The quantitative estimate of drug-likeness (QED) is 0.645. The molecule has 1 fully saturated rings. The molecule has 1 aromatic heterocycles. The summed E-state index contributed by atoms with van der Waals surface area (Å²) in [5.41, 5.74) is 0.992. The molecule has 4 rings (SSSR count). The van der Waals surface area contributed by atoms with E-state index in [1.807, 2.05) is 6.07 Å². The van der Waals surface area contributed by atoms with Gasteiger partial charge in [0.15, 0.2) is 5.76 Å². The summed E-state index contributed by atoms with van der Waals surface area (Å²) < 4.78 is 25.5. The number of ether oxygens (including phenoxy) is 1. The Morgan fingerprint density at radius 2 is 2.00 bits per heavy atom. The molecule has 2 heterocycles. The topological polar surface area (TPSA) is 95.6 Å². The average molecular weight is 419 g/mol. The normalized spacial score (nSPS) is 13.2. The Labute approximate surface area is 177 Å². The van der Waals surface area contributed by atoms with Crippen molar-refractivity contribution < 1.29 is 23.1 Å². The number of nitriles is 1. The van der Waals surface area contributed by atoms with E-state index in [4.69, 9.17) is 14.4 Å². The Balaban J connectivity index is 1.37. The van der Waals surface area contributed by atoms with Crippen LogP contribution in [0.5, 0.6) is 5.75 Å². The molecule has 0 bridgehead atoms. The van der Waals surface area contributed by atoms with Gasteiger partial charge in [-0.05, 0) is 61.0 Å². The van der Waals surface area contributed by atoms with E-state index in [0.29, 0.717) is 36.5 Å². The van der Waals surface area contributed by atoms with Crippen LogP contribution in [0.2, 0.25) is 0 Å². The lowest BCUT2D eigenvalue weighted by Gasteiger charge is -2.17. The standard InChI is InChI=1S/C23H18FN3O4/c24-19-12-16(5-9-20(19)27-11-1-2-22(27)28)26-23(29)21-10-8-18(31-21)14-30-17-6-3-15(13-25)4-7-17/h3-10,12H,1-2,11,14H2,(H,26,29). The van der Waals surface area contributed by atoms with Gasteiger partial charge in [0.1, 0.15) is 23.9 Å². The van der Waals surface area contributed by atoms with Crippen LogP contribution < -0.4 is 15.0 Å². The van der Waals surface area contributed by atoms with E-state index in [1.54, 1.807) is 36.4 Å². The first-order chi connectivity index (χ1) is 15.0. The van der Waals surface area contributed by atoms with Crippen LogP contribution in [0.1, 0.15) is 34.7 Å². The van der Waals surface area contributed by atoms with Gasteiger partial charge in [0.25, 0.3) is 5.91 Å². The summed E-state index contributed by atoms with van der Waals surface area (Å²) in [7, 11) is 0. The molecule has 3 aromatic rings. The van der Waals surface area contributed by atoms with Crippen LogP contribution in [0.4, 0.5) is 15.8 Å². The van der Waals surface area contributed by atoms with Crippen LogP contribution in [0.15, 0.2) is 59.0 Å². The Morgan fingerprint density at radius 3 is 2.68 bits per heavy atom. The number of nitrogens with zero attached hydrogens (tertiary/aromatic N) is 2. The van der Waals surface area contributed by atoms with E-state index >= 15 is 0 Å². The number of amides is 2. The predicted molar refractivity (Wildman–Crippen MR) is 110 cm³/mol. The smallest absolute Gasteiger partial charge is 0.291 e. The summed E-state index contributed by atoms with van der Waals surface area (Å²) in [6, 6.07) is 16.0. The predicted octanol–water partition coefficient (Wildman–Crippen LogP) is 4.25. The summed E-state index contributed by atoms with van der Waals surface area (Å²) in [6.45, 7) is 0.591. The molecule has 156 valence electrons. The van der Waals surface area contributed by atoms with Crippen molar-refractivity contribution in [2.45, 2.75) is 19.4 Å². The Hall–Kier alpha value is -4.12. The number of hydrogen-bond donors (Lipinski definition) is 1. The minimum Gasteiger partial charge on any atom is -0.486 e. The molecule has 0 aliphatic carbocycles. The number of hydrogen-bond acceptors (Lipinski definition) is 5. The van der Waals surface area contributed by atoms with Crippen molar-refractivity contribution in [3.63, 3.8) is 0 Å². The lowest BCUT2D eigenvalue weighted by Crippen LogP contribution is -2.24. The molecule has 1 N–H and O–H groups in total. The number of benzene rings is 2. The molecule has 1 aliphatic rings. The number of furan rings is 1. The second-order valence-electron chi connectivity index (χ2n) is 6.96. The van der Waals surface area contributed by atoms with E-state index in [9.17, 15) is 14.0 Å². The molecule has 0 atom stereocenters. The van der Waals surface area contributed by atoms with Gasteiger partial charge in [0.2, 0.25) is 5.91 Å². The third-order valence-corrected chi connectivity index (χ3v) is 4.82. The first-order valence-electron chi connectivity index (χ1n) is 9.66. The highest BCUT2D eigenvalue weighted by Gasteiger charge is 2.24. The molecule has 0 unspecified atom stereocenters. The number of nitrogens with one attached hydrogen (secondary N) is 1. The largest absolute Gasteiger partial charge is 0.486 e. The van der Waals surface area contributed by atoms with Crippen molar-refractivity contribution in [2.24, 2.45) is 0 Å². The van der Waals surface area contributed by atoms with Gasteiger partial charge in [-0.2, -0.15) is 5.26 Å². The zero-order chi connectivity index (χ0) is 21.8. The molecule has 31 heavy (non-hydrogen) atoms. The second-order valence-corrected chi connectivity index (χ2v) is 6.96. The first-order valence-corrected chi connectivity index (χ1v) is 9.66. The molecule has 1 saturated heterocycles. The molecular weight excluding hydrogens is 401 g/mol. The second kappa shape index (κ2) is 8.71. The van der Waals surface area contributed by atoms with Gasteiger partial charge in [0.05, 0.1) is 17.3 Å². The van der Waals surface area contributed by atoms with Crippen LogP contribution in [0, 0.1) is 17.1 Å². The highest BCUT2D eigenvalue weighted by Crippen LogP contribution is 2.27. The molecule has 2 amide bonds. The van der Waals surface area contributed by atoms with Crippen LogP contribution in [0.25, 0.3) is 0 Å². The molecule has 7 nitrogen and oxygen atoms in total. The summed E-state index contributed by atoms with van der Waals surface area (Å²) in [5.74, 6) is -0.172. The van der Waals surface area contributed by atoms with Crippen LogP contribution in [-0.2, 0) is 11.4 Å². The number of carbonyl (C=O) groups is 2. The number of halogens is 1. The van der Waals surface area contributed by atoms with Crippen LogP contribution in [-0.4, -0.2) is 18.4 Å². The third kappa shape index (κ3) is 4.56. The summed E-state index contributed by atoms with van der Waals surface area (Å²) in [4.78, 5) is 25.6. The molecule has 2 aromatic carbocycles. The number of carbonyl (C=O) groups excluding carboxylic acids is 2. The van der Waals surface area contributed by atoms with E-state index in [2.05, 4.69) is 5.32 Å². The van der Waals surface area contributed by atoms with Gasteiger partial charge >= 0.3 is 0 Å². The van der Waals surface area contributed by atoms with Crippen molar-refractivity contribution in [2.75, 3.05) is 16.8 Å². The minimum atomic E-state index is -0.580. The minimum absolute atomic E-state index is 0.0534.